The van der Waals surface area contributed by atoms with E-state index in [-0.39, 0.29) is 0 Å². The third kappa shape index (κ3) is 1.46. The van der Waals surface area contributed by atoms with Gasteiger partial charge in [-0.05, 0) is 13.0 Å². The molecule has 2 nitrogen and oxygen atoms in total. The number of nitrogens with zero attached hydrogens (tertiary/aromatic N) is 1. The number of halogens is 1. The van der Waals surface area contributed by atoms with Gasteiger partial charge in [-0.1, -0.05) is 17.7 Å². The van der Waals surface area contributed by atoms with Gasteiger partial charge in [0.25, 0.3) is 0 Å². The van der Waals surface area contributed by atoms with Gasteiger partial charge in [0, 0.05) is 11.8 Å². The van der Waals surface area contributed by atoms with Gasteiger partial charge in [-0.15, -0.1) is 0 Å². The van der Waals surface area contributed by atoms with Gasteiger partial charge in [-0.3, -0.25) is 0 Å². The third-order valence-electron chi connectivity index (χ3n) is 1.24. The maximum atomic E-state index is 9.08. The van der Waals surface area contributed by atoms with Crippen molar-refractivity contribution in [3.05, 3.63) is 29.0 Å². The van der Waals surface area contributed by atoms with Crippen LogP contribution in [0.25, 0.3) is 0 Å². The highest BCUT2D eigenvalue weighted by molar-refractivity contribution is 6.30. The zero-order chi connectivity index (χ0) is 7.56. The first-order chi connectivity index (χ1) is 4.72. The molecule has 0 aliphatic rings. The summed E-state index contributed by atoms with van der Waals surface area (Å²) in [5, 5.41) is 9.45. The fourth-order valence-corrected chi connectivity index (χ4v) is 0.987. The number of hydrogen-bond donors (Lipinski definition) is 1. The molecule has 0 aliphatic heterocycles. The lowest BCUT2D eigenvalue weighted by molar-refractivity contribution is 0.199. The molecule has 0 fully saturated rings. The van der Waals surface area contributed by atoms with Crippen LogP contribution in [0, 0.1) is 0 Å². The maximum Gasteiger partial charge on any atom is 0.134 e. The maximum absolute atomic E-state index is 9.08. The summed E-state index contributed by atoms with van der Waals surface area (Å²) < 4.78 is 0. The molecule has 10 heavy (non-hydrogen) atoms. The molecule has 0 amide bonds. The van der Waals surface area contributed by atoms with Gasteiger partial charge < -0.3 is 5.11 Å². The van der Waals surface area contributed by atoms with E-state index in [1.165, 1.54) is 0 Å². The lowest BCUT2D eigenvalue weighted by Crippen LogP contribution is -1.92. The molecule has 0 radical (unpaired) electrons. The van der Waals surface area contributed by atoms with Crippen LogP contribution in [0.3, 0.4) is 0 Å². The summed E-state index contributed by atoms with van der Waals surface area (Å²) in [5.41, 5.74) is 0.671. The topological polar surface area (TPSA) is 33.1 Å². The van der Waals surface area contributed by atoms with Gasteiger partial charge in [0.05, 0.1) is 6.10 Å². The molecule has 0 bridgehead atoms. The van der Waals surface area contributed by atoms with Crippen LogP contribution < -0.4 is 0 Å². The fourth-order valence-electron chi connectivity index (χ4n) is 0.710. The monoisotopic (exact) mass is 157 g/mol. The Morgan fingerprint density at radius 1 is 1.70 bits per heavy atom. The summed E-state index contributed by atoms with van der Waals surface area (Å²) in [5.74, 6) is 0. The van der Waals surface area contributed by atoms with Gasteiger partial charge in [0.15, 0.2) is 0 Å². The van der Waals surface area contributed by atoms with Crippen molar-refractivity contribution in [3.63, 3.8) is 0 Å². The minimum atomic E-state index is -0.541. The lowest BCUT2D eigenvalue weighted by atomic mass is 10.2. The summed E-state index contributed by atoms with van der Waals surface area (Å²) in [7, 11) is 0. The Morgan fingerprint density at radius 3 is 2.80 bits per heavy atom. The van der Waals surface area contributed by atoms with E-state index in [4.69, 9.17) is 16.7 Å². The summed E-state index contributed by atoms with van der Waals surface area (Å²) in [4.78, 5) is 3.81. The number of aromatic nitrogens is 1. The van der Waals surface area contributed by atoms with Crippen molar-refractivity contribution in [3.8, 4) is 0 Å². The fraction of sp³-hybridized carbons (Fsp3) is 0.286. The van der Waals surface area contributed by atoms with E-state index in [9.17, 15) is 0 Å². The first-order valence-electron chi connectivity index (χ1n) is 3.00. The Kier molecular flexibility index (Phi) is 2.25. The number of pyridine rings is 1. The van der Waals surface area contributed by atoms with Crippen molar-refractivity contribution in [2.75, 3.05) is 0 Å². The van der Waals surface area contributed by atoms with Gasteiger partial charge in [0.2, 0.25) is 0 Å². The molecular weight excluding hydrogens is 150 g/mol. The van der Waals surface area contributed by atoms with Gasteiger partial charge in [-0.25, -0.2) is 4.98 Å². The number of rotatable bonds is 1. The molecule has 1 aromatic rings. The van der Waals surface area contributed by atoms with Crippen LogP contribution in [0.2, 0.25) is 5.15 Å². The molecular formula is C7H8ClNO. The molecule has 1 heterocycles. The molecule has 1 aromatic heterocycles. The summed E-state index contributed by atoms with van der Waals surface area (Å²) in [6.45, 7) is 1.66. The van der Waals surface area contributed by atoms with E-state index in [1.54, 1.807) is 25.3 Å². The van der Waals surface area contributed by atoms with E-state index >= 15 is 0 Å². The Bertz CT molecular complexity index is 225. The van der Waals surface area contributed by atoms with Crippen LogP contribution in [0.15, 0.2) is 18.3 Å². The molecule has 0 saturated carbocycles. The van der Waals surface area contributed by atoms with Gasteiger partial charge in [0.1, 0.15) is 5.15 Å². The van der Waals surface area contributed by atoms with Crippen LogP contribution in [0.5, 0.6) is 0 Å². The minimum Gasteiger partial charge on any atom is -0.389 e. The van der Waals surface area contributed by atoms with Crippen LogP contribution >= 0.6 is 11.6 Å². The van der Waals surface area contributed by atoms with Crippen molar-refractivity contribution in [2.45, 2.75) is 13.0 Å². The first kappa shape index (κ1) is 7.51. The predicted molar refractivity (Wildman–Crippen MR) is 39.9 cm³/mol. The second-order valence-electron chi connectivity index (χ2n) is 2.06. The average Bonchev–Trinajstić information content (AvgIpc) is 1.88. The molecule has 3 heteroatoms. The average molecular weight is 158 g/mol. The lowest BCUT2D eigenvalue weighted by Gasteiger charge is -2.03. The van der Waals surface area contributed by atoms with E-state index in [0.29, 0.717) is 10.7 Å². The Hall–Kier alpha value is -0.600. The molecule has 0 unspecified atom stereocenters. The molecule has 0 aliphatic carbocycles. The smallest absolute Gasteiger partial charge is 0.134 e. The minimum absolute atomic E-state index is 0.373. The Labute approximate surface area is 64.5 Å². The van der Waals surface area contributed by atoms with E-state index < -0.39 is 6.10 Å². The molecule has 54 valence electrons. The molecule has 0 spiro atoms. The molecule has 0 aromatic carbocycles. The van der Waals surface area contributed by atoms with Gasteiger partial charge in [-0.2, -0.15) is 0 Å². The van der Waals surface area contributed by atoms with E-state index in [1.807, 2.05) is 0 Å². The summed E-state index contributed by atoms with van der Waals surface area (Å²) in [6, 6.07) is 3.49. The zero-order valence-electron chi connectivity index (χ0n) is 5.58. The first-order valence-corrected chi connectivity index (χ1v) is 3.38. The van der Waals surface area contributed by atoms with Crippen molar-refractivity contribution in [1.82, 2.24) is 4.98 Å². The molecule has 1 atom stereocenters. The number of aliphatic hydroxyl groups is 1. The highest BCUT2D eigenvalue weighted by Crippen LogP contribution is 2.18. The SMILES string of the molecule is C[C@H](O)c1cccnc1Cl. The van der Waals surface area contributed by atoms with Crippen LogP contribution in [-0.4, -0.2) is 10.1 Å². The zero-order valence-corrected chi connectivity index (χ0v) is 6.34. The van der Waals surface area contributed by atoms with Crippen molar-refractivity contribution < 1.29 is 5.11 Å². The number of hydrogen-bond acceptors (Lipinski definition) is 2. The quantitative estimate of drug-likeness (QED) is 0.631. The van der Waals surface area contributed by atoms with E-state index in [0.717, 1.165) is 0 Å². The molecule has 1 rings (SSSR count). The molecule has 1 N–H and O–H groups in total. The Balaban J connectivity index is 3.03. The highest BCUT2D eigenvalue weighted by atomic mass is 35.5. The van der Waals surface area contributed by atoms with Crippen LogP contribution in [0.1, 0.15) is 18.6 Å². The number of aliphatic hydroxyl groups excluding tert-OH is 1. The van der Waals surface area contributed by atoms with Crippen molar-refractivity contribution in [1.29, 1.82) is 0 Å². The van der Waals surface area contributed by atoms with Crippen LogP contribution in [0.4, 0.5) is 0 Å². The van der Waals surface area contributed by atoms with Crippen molar-refractivity contribution in [2.24, 2.45) is 0 Å². The normalized spacial score (nSPS) is 13.1. The van der Waals surface area contributed by atoms with Gasteiger partial charge >= 0.3 is 0 Å². The van der Waals surface area contributed by atoms with Crippen LogP contribution in [-0.2, 0) is 0 Å². The largest absolute Gasteiger partial charge is 0.389 e. The summed E-state index contributed by atoms with van der Waals surface area (Å²) in [6.07, 6.45) is 1.05. The summed E-state index contributed by atoms with van der Waals surface area (Å²) >= 11 is 5.65. The predicted octanol–water partition coefficient (Wildman–Crippen LogP) is 1.79. The standard InChI is InChI=1S/C7H8ClNO/c1-5(10)6-3-2-4-9-7(6)8/h2-5,10H,1H3/t5-/m0/s1. The Morgan fingerprint density at radius 2 is 2.40 bits per heavy atom. The van der Waals surface area contributed by atoms with Crippen molar-refractivity contribution >= 4 is 11.6 Å². The molecule has 0 saturated heterocycles. The third-order valence-corrected chi connectivity index (χ3v) is 1.55. The highest BCUT2D eigenvalue weighted by Gasteiger charge is 2.04. The van der Waals surface area contributed by atoms with E-state index in [2.05, 4.69) is 4.98 Å². The second-order valence-corrected chi connectivity index (χ2v) is 2.42. The second kappa shape index (κ2) is 2.99.